The quantitative estimate of drug-likeness (QED) is 0.848. The molecule has 1 N–H and O–H groups in total. The molecule has 0 saturated carbocycles. The molecule has 0 radical (unpaired) electrons. The van der Waals surface area contributed by atoms with E-state index in [1.54, 1.807) is 12.4 Å². The summed E-state index contributed by atoms with van der Waals surface area (Å²) in [6, 6.07) is 0. The molecule has 0 aliphatic carbocycles. The fraction of sp³-hybridized carbons (Fsp3) is 0.500. The first-order chi connectivity index (χ1) is 9.67. The number of rotatable bonds is 3. The smallest absolute Gasteiger partial charge is 0.266 e. The van der Waals surface area contributed by atoms with Crippen LogP contribution in [0.15, 0.2) is 5.38 Å². The molecule has 2 aliphatic rings. The number of anilines is 1. The monoisotopic (exact) mass is 297 g/mol. The minimum Gasteiger partial charge on any atom is -0.379 e. The van der Waals surface area contributed by atoms with Crippen molar-refractivity contribution in [1.82, 2.24) is 10.1 Å². The van der Waals surface area contributed by atoms with E-state index in [4.69, 9.17) is 9.68 Å². The van der Waals surface area contributed by atoms with Crippen molar-refractivity contribution >= 4 is 28.2 Å². The van der Waals surface area contributed by atoms with Gasteiger partial charge in [-0.1, -0.05) is 5.23 Å². The fourth-order valence-corrected chi connectivity index (χ4v) is 3.22. The highest BCUT2D eigenvalue weighted by Crippen LogP contribution is 2.36. The molecule has 0 spiro atoms. The van der Waals surface area contributed by atoms with Gasteiger partial charge < -0.3 is 5.32 Å². The first-order valence-electron chi connectivity index (χ1n) is 6.41. The number of nitrogens with one attached hydrogen (secondary N) is 1. The summed E-state index contributed by atoms with van der Waals surface area (Å²) in [5.41, 5.74) is 0.892. The number of fused-ring (bicyclic) bond motifs is 1. The van der Waals surface area contributed by atoms with E-state index in [0.29, 0.717) is 35.7 Å². The highest BCUT2D eigenvalue weighted by molar-refractivity contribution is 7.15. The van der Waals surface area contributed by atoms with Gasteiger partial charge in [0.05, 0.1) is 17.7 Å². The van der Waals surface area contributed by atoms with Crippen LogP contribution in [0, 0.1) is 0 Å². The summed E-state index contributed by atoms with van der Waals surface area (Å²) in [5.74, 6) is -0.607. The fourth-order valence-electron chi connectivity index (χ4n) is 2.33. The number of hydrogen-bond acceptors (Lipinski definition) is 7. The van der Waals surface area contributed by atoms with E-state index in [-0.39, 0.29) is 11.8 Å². The van der Waals surface area contributed by atoms with E-state index in [9.17, 15) is 9.59 Å². The van der Waals surface area contributed by atoms with Crippen LogP contribution in [0.2, 0.25) is 0 Å². The Morgan fingerprint density at radius 1 is 1.45 bits per heavy atom. The normalized spacial score (nSPS) is 23.3. The maximum Gasteiger partial charge on any atom is 0.266 e. The maximum atomic E-state index is 12.5. The van der Waals surface area contributed by atoms with E-state index in [1.807, 2.05) is 6.92 Å². The van der Waals surface area contributed by atoms with E-state index in [1.165, 1.54) is 21.5 Å². The molecule has 7 nitrogen and oxygen atoms in total. The second kappa shape index (κ2) is 5.13. The van der Waals surface area contributed by atoms with Crippen LogP contribution in [0.1, 0.15) is 34.1 Å². The third-order valence-corrected chi connectivity index (χ3v) is 4.28. The largest absolute Gasteiger partial charge is 0.379 e. The molecular formula is C12H15N3O4S. The van der Waals surface area contributed by atoms with Gasteiger partial charge in [-0.25, -0.2) is 9.74 Å². The van der Waals surface area contributed by atoms with Gasteiger partial charge in [-0.05, 0) is 6.92 Å². The second-order valence-electron chi connectivity index (χ2n) is 4.41. The third kappa shape index (κ3) is 1.92. The topological polar surface area (TPSA) is 71.1 Å². The van der Waals surface area contributed by atoms with Crippen molar-refractivity contribution in [2.45, 2.75) is 19.6 Å². The van der Waals surface area contributed by atoms with Crippen LogP contribution in [-0.4, -0.2) is 48.4 Å². The molecule has 108 valence electrons. The molecule has 8 heteroatoms. The predicted molar refractivity (Wildman–Crippen MR) is 72.2 cm³/mol. The van der Waals surface area contributed by atoms with Gasteiger partial charge in [-0.3, -0.25) is 14.4 Å². The van der Waals surface area contributed by atoms with Gasteiger partial charge in [0.1, 0.15) is 5.00 Å². The van der Waals surface area contributed by atoms with Gasteiger partial charge in [0.15, 0.2) is 6.23 Å². The van der Waals surface area contributed by atoms with Gasteiger partial charge in [0.2, 0.25) is 0 Å². The molecule has 3 heterocycles. The SMILES string of the molecule is CCN1OCCC(N2C(=O)c3csc(NC)c3C2=O)O1. The summed E-state index contributed by atoms with van der Waals surface area (Å²) >= 11 is 1.36. The number of nitrogens with zero attached hydrogens (tertiary/aromatic N) is 2. The van der Waals surface area contributed by atoms with E-state index in [0.717, 1.165) is 0 Å². The lowest BCUT2D eigenvalue weighted by molar-refractivity contribution is -0.422. The first kappa shape index (κ1) is 13.5. The molecule has 0 bridgehead atoms. The van der Waals surface area contributed by atoms with Gasteiger partial charge in [-0.15, -0.1) is 11.3 Å². The zero-order valence-electron chi connectivity index (χ0n) is 11.2. The van der Waals surface area contributed by atoms with Crippen LogP contribution in [0.3, 0.4) is 0 Å². The third-order valence-electron chi connectivity index (χ3n) is 3.29. The molecule has 0 aromatic carbocycles. The summed E-state index contributed by atoms with van der Waals surface area (Å²) in [6.45, 7) is 2.81. The molecule has 1 aromatic rings. The van der Waals surface area contributed by atoms with Crippen molar-refractivity contribution in [3.8, 4) is 0 Å². The molecular weight excluding hydrogens is 282 g/mol. The Balaban J connectivity index is 1.88. The summed E-state index contributed by atoms with van der Waals surface area (Å²) in [4.78, 5) is 36.8. The number of thiophene rings is 1. The Hall–Kier alpha value is -1.48. The Morgan fingerprint density at radius 2 is 2.25 bits per heavy atom. The molecule has 1 atom stereocenters. The molecule has 1 fully saturated rings. The lowest BCUT2D eigenvalue weighted by atomic mass is 10.2. The number of imide groups is 1. The number of hydroxylamine groups is 2. The molecule has 1 saturated heterocycles. The van der Waals surface area contributed by atoms with Crippen molar-refractivity contribution in [2.24, 2.45) is 0 Å². The number of carbonyl (C=O) groups excluding carboxylic acids is 2. The molecule has 20 heavy (non-hydrogen) atoms. The molecule has 1 aromatic heterocycles. The van der Waals surface area contributed by atoms with Crippen LogP contribution in [-0.2, 0) is 9.68 Å². The maximum absolute atomic E-state index is 12.5. The zero-order valence-corrected chi connectivity index (χ0v) is 12.0. The lowest BCUT2D eigenvalue weighted by Crippen LogP contribution is -2.49. The molecule has 1 unspecified atom stereocenters. The van der Waals surface area contributed by atoms with Gasteiger partial charge in [0.25, 0.3) is 11.8 Å². The molecule has 3 rings (SSSR count). The van der Waals surface area contributed by atoms with E-state index < -0.39 is 6.23 Å². The van der Waals surface area contributed by atoms with Crippen molar-refractivity contribution in [1.29, 1.82) is 0 Å². The highest BCUT2D eigenvalue weighted by Gasteiger charge is 2.44. The lowest BCUT2D eigenvalue weighted by Gasteiger charge is -2.34. The average molecular weight is 297 g/mol. The minimum absolute atomic E-state index is 0.300. The van der Waals surface area contributed by atoms with Crippen LogP contribution in [0.25, 0.3) is 0 Å². The number of hydrogen-bond donors (Lipinski definition) is 1. The summed E-state index contributed by atoms with van der Waals surface area (Å²) in [7, 11) is 1.73. The molecule has 2 amide bonds. The standard InChI is InChI=1S/C12H15N3O4S/c1-3-14-18-5-4-8(19-14)15-11(16)7-6-20-10(13-2)9(7)12(15)17/h6,8,13H,3-5H2,1-2H3. The minimum atomic E-state index is -0.606. The Bertz CT molecular complexity index is 559. The van der Waals surface area contributed by atoms with Crippen LogP contribution in [0.5, 0.6) is 0 Å². The van der Waals surface area contributed by atoms with Crippen LogP contribution in [0.4, 0.5) is 5.00 Å². The first-order valence-corrected chi connectivity index (χ1v) is 7.29. The van der Waals surface area contributed by atoms with E-state index in [2.05, 4.69) is 5.32 Å². The summed E-state index contributed by atoms with van der Waals surface area (Å²) in [5, 5.41) is 6.66. The highest BCUT2D eigenvalue weighted by atomic mass is 32.1. The Labute approximate surface area is 120 Å². The van der Waals surface area contributed by atoms with Crippen molar-refractivity contribution in [2.75, 3.05) is 25.5 Å². The van der Waals surface area contributed by atoms with Crippen LogP contribution < -0.4 is 5.32 Å². The van der Waals surface area contributed by atoms with Gasteiger partial charge in [-0.2, -0.15) is 0 Å². The van der Waals surface area contributed by atoms with Crippen molar-refractivity contribution in [3.63, 3.8) is 0 Å². The zero-order chi connectivity index (χ0) is 14.3. The number of amides is 2. The summed E-state index contributed by atoms with van der Waals surface area (Å²) < 4.78 is 0. The molecule has 2 aliphatic heterocycles. The number of carbonyl (C=O) groups is 2. The van der Waals surface area contributed by atoms with Gasteiger partial charge >= 0.3 is 0 Å². The van der Waals surface area contributed by atoms with Crippen molar-refractivity contribution < 1.29 is 19.3 Å². The average Bonchev–Trinajstić information content (AvgIpc) is 3.00. The Kier molecular flexibility index (Phi) is 3.47. The van der Waals surface area contributed by atoms with E-state index >= 15 is 0 Å². The second-order valence-corrected chi connectivity index (χ2v) is 5.29. The Morgan fingerprint density at radius 3 is 2.95 bits per heavy atom. The van der Waals surface area contributed by atoms with Crippen LogP contribution >= 0.6 is 11.3 Å². The summed E-state index contributed by atoms with van der Waals surface area (Å²) in [6.07, 6.45) is -0.137. The van der Waals surface area contributed by atoms with Gasteiger partial charge in [0, 0.05) is 25.4 Å². The van der Waals surface area contributed by atoms with Crippen molar-refractivity contribution in [3.05, 3.63) is 16.5 Å². The predicted octanol–water partition coefficient (Wildman–Crippen LogP) is 1.30.